The number of ether oxygens (including phenoxy) is 1. The molecule has 1 saturated carbocycles. The largest absolute Gasteiger partial charge is 0.494 e. The van der Waals surface area contributed by atoms with Gasteiger partial charge in [-0.15, -0.1) is 0 Å². The summed E-state index contributed by atoms with van der Waals surface area (Å²) in [6.45, 7) is 5.33. The Labute approximate surface area is 209 Å². The van der Waals surface area contributed by atoms with Crippen molar-refractivity contribution in [2.24, 2.45) is 11.8 Å². The fourth-order valence-corrected chi connectivity index (χ4v) is 5.30. The highest BCUT2D eigenvalue weighted by Crippen LogP contribution is 2.34. The zero-order valence-corrected chi connectivity index (χ0v) is 21.9. The maximum atomic E-state index is 6.03. The van der Waals surface area contributed by atoms with Crippen LogP contribution in [-0.4, -0.2) is 16.6 Å². The van der Waals surface area contributed by atoms with Crippen molar-refractivity contribution in [3.8, 4) is 17.1 Å². The molecule has 3 heteroatoms. The van der Waals surface area contributed by atoms with E-state index in [1.54, 1.807) is 0 Å². The molecule has 1 heterocycles. The summed E-state index contributed by atoms with van der Waals surface area (Å²) in [6, 6.07) is 8.25. The van der Waals surface area contributed by atoms with Crippen LogP contribution in [0.1, 0.15) is 116 Å². The molecule has 1 aromatic carbocycles. The first-order valence-corrected chi connectivity index (χ1v) is 14.3. The predicted octanol–water partition coefficient (Wildman–Crippen LogP) is 9.20. The molecule has 0 saturated heterocycles. The van der Waals surface area contributed by atoms with Gasteiger partial charge in [-0.25, -0.2) is 9.97 Å². The molecule has 1 aliphatic rings. The third kappa shape index (κ3) is 9.76. The van der Waals surface area contributed by atoms with Gasteiger partial charge in [-0.05, 0) is 67.3 Å². The van der Waals surface area contributed by atoms with Crippen LogP contribution in [0, 0.1) is 11.8 Å². The summed E-state index contributed by atoms with van der Waals surface area (Å²) in [5.41, 5.74) is 2.27. The van der Waals surface area contributed by atoms with Gasteiger partial charge in [0.25, 0.3) is 0 Å². The third-order valence-electron chi connectivity index (χ3n) is 7.59. The highest BCUT2D eigenvalue weighted by molar-refractivity contribution is 5.55. The molecule has 3 rings (SSSR count). The van der Waals surface area contributed by atoms with Crippen LogP contribution in [0.4, 0.5) is 0 Å². The van der Waals surface area contributed by atoms with Crippen LogP contribution in [0.3, 0.4) is 0 Å². The van der Waals surface area contributed by atoms with E-state index in [1.807, 2.05) is 12.4 Å². The van der Waals surface area contributed by atoms with E-state index < -0.39 is 0 Å². The molecule has 2 aromatic rings. The van der Waals surface area contributed by atoms with Gasteiger partial charge in [0.05, 0.1) is 6.61 Å². The molecule has 0 bridgehead atoms. The summed E-state index contributed by atoms with van der Waals surface area (Å²) in [5.74, 6) is 3.67. The Kier molecular flexibility index (Phi) is 12.5. The van der Waals surface area contributed by atoms with Crippen molar-refractivity contribution in [1.29, 1.82) is 0 Å². The molecule has 0 unspecified atom stereocenters. The van der Waals surface area contributed by atoms with E-state index in [1.165, 1.54) is 95.5 Å². The Hall–Kier alpha value is -1.90. The first-order valence-electron chi connectivity index (χ1n) is 14.3. The minimum Gasteiger partial charge on any atom is -0.494 e. The third-order valence-corrected chi connectivity index (χ3v) is 7.59. The molecule has 3 nitrogen and oxygen atoms in total. The highest BCUT2D eigenvalue weighted by atomic mass is 16.5. The summed E-state index contributed by atoms with van der Waals surface area (Å²) in [6.07, 6.45) is 25.7. The molecule has 1 aromatic heterocycles. The van der Waals surface area contributed by atoms with Crippen molar-refractivity contribution in [3.63, 3.8) is 0 Å². The Morgan fingerprint density at radius 1 is 0.706 bits per heavy atom. The maximum Gasteiger partial charge on any atom is 0.159 e. The van der Waals surface area contributed by atoms with Crippen molar-refractivity contribution in [2.45, 2.75) is 117 Å². The molecule has 188 valence electrons. The molecule has 0 atom stereocenters. The van der Waals surface area contributed by atoms with Gasteiger partial charge in [0.1, 0.15) is 5.75 Å². The van der Waals surface area contributed by atoms with E-state index in [0.29, 0.717) is 0 Å². The first-order chi connectivity index (χ1) is 16.8. The van der Waals surface area contributed by atoms with Gasteiger partial charge in [-0.3, -0.25) is 0 Å². The van der Waals surface area contributed by atoms with Crippen LogP contribution in [0.25, 0.3) is 11.4 Å². The van der Waals surface area contributed by atoms with Crippen molar-refractivity contribution in [2.75, 3.05) is 6.61 Å². The normalized spacial score (nSPS) is 18.2. The molecule has 0 N–H and O–H groups in total. The zero-order valence-electron chi connectivity index (χ0n) is 21.9. The fraction of sp³-hybridized carbons (Fsp3) is 0.677. The van der Waals surface area contributed by atoms with Crippen LogP contribution < -0.4 is 4.74 Å². The molecular weight excluding hydrogens is 416 g/mol. The topological polar surface area (TPSA) is 35.0 Å². The van der Waals surface area contributed by atoms with Gasteiger partial charge in [-0.1, -0.05) is 90.9 Å². The number of benzene rings is 1. The Balaban J connectivity index is 1.26. The second-order valence-electron chi connectivity index (χ2n) is 10.5. The predicted molar refractivity (Wildman–Crippen MR) is 144 cm³/mol. The summed E-state index contributed by atoms with van der Waals surface area (Å²) in [4.78, 5) is 9.09. The molecule has 0 spiro atoms. The molecule has 0 radical (unpaired) electrons. The van der Waals surface area contributed by atoms with Crippen molar-refractivity contribution in [1.82, 2.24) is 9.97 Å². The lowest BCUT2D eigenvalue weighted by atomic mass is 9.78. The highest BCUT2D eigenvalue weighted by Gasteiger charge is 2.20. The van der Waals surface area contributed by atoms with E-state index in [0.717, 1.165) is 48.4 Å². The van der Waals surface area contributed by atoms with E-state index in [4.69, 9.17) is 4.74 Å². The van der Waals surface area contributed by atoms with Crippen LogP contribution in [0.15, 0.2) is 36.7 Å². The Morgan fingerprint density at radius 3 is 1.94 bits per heavy atom. The van der Waals surface area contributed by atoms with Gasteiger partial charge >= 0.3 is 0 Å². The molecule has 0 aliphatic heterocycles. The number of hydrogen-bond acceptors (Lipinski definition) is 3. The molecule has 0 amide bonds. The monoisotopic (exact) mass is 464 g/mol. The molecule has 34 heavy (non-hydrogen) atoms. The van der Waals surface area contributed by atoms with Crippen LogP contribution in [0.2, 0.25) is 0 Å². The van der Waals surface area contributed by atoms with Crippen LogP contribution in [0.5, 0.6) is 5.75 Å². The van der Waals surface area contributed by atoms with Crippen LogP contribution >= 0.6 is 0 Å². The average Bonchev–Trinajstić information content (AvgIpc) is 2.89. The van der Waals surface area contributed by atoms with Crippen molar-refractivity contribution < 1.29 is 4.74 Å². The average molecular weight is 465 g/mol. The van der Waals surface area contributed by atoms with E-state index in [-0.39, 0.29) is 0 Å². The smallest absolute Gasteiger partial charge is 0.159 e. The standard InChI is InChI=1S/C31H48N2O/c1-3-5-7-8-9-10-13-26-15-17-27(18-16-26)14-11-23-34-30-21-19-29(20-22-30)31-32-24-28(25-33-31)12-6-4-2/h19-22,24-27H,3-18,23H2,1-2H3/t26-,27-. The SMILES string of the molecule is CCCCCCCC[C@H]1CC[C@H](CCCOc2ccc(-c3ncc(CCCC)cn3)cc2)CC1. The van der Waals surface area contributed by atoms with Gasteiger partial charge in [0, 0.05) is 18.0 Å². The first kappa shape index (κ1) is 26.7. The zero-order chi connectivity index (χ0) is 23.8. The Bertz CT molecular complexity index is 763. The van der Waals surface area contributed by atoms with Crippen molar-refractivity contribution >= 4 is 0 Å². The van der Waals surface area contributed by atoms with Gasteiger partial charge in [0.15, 0.2) is 5.82 Å². The summed E-state index contributed by atoms with van der Waals surface area (Å²) < 4.78 is 6.03. The number of hydrogen-bond donors (Lipinski definition) is 0. The maximum absolute atomic E-state index is 6.03. The minimum atomic E-state index is 0.791. The van der Waals surface area contributed by atoms with Gasteiger partial charge in [0.2, 0.25) is 0 Å². The van der Waals surface area contributed by atoms with E-state index in [2.05, 4.69) is 48.1 Å². The van der Waals surface area contributed by atoms with Crippen LogP contribution in [-0.2, 0) is 6.42 Å². The van der Waals surface area contributed by atoms with Crippen molar-refractivity contribution in [3.05, 3.63) is 42.2 Å². The number of rotatable bonds is 16. The second kappa shape index (κ2) is 15.9. The van der Waals surface area contributed by atoms with Gasteiger partial charge < -0.3 is 4.74 Å². The van der Waals surface area contributed by atoms with E-state index >= 15 is 0 Å². The number of unbranched alkanes of at least 4 members (excludes halogenated alkanes) is 6. The van der Waals surface area contributed by atoms with E-state index in [9.17, 15) is 0 Å². The molecule has 1 aliphatic carbocycles. The molecule has 1 fully saturated rings. The molecular formula is C31H48N2O. The summed E-state index contributed by atoms with van der Waals surface area (Å²) in [5, 5.41) is 0. The Morgan fingerprint density at radius 2 is 1.29 bits per heavy atom. The summed E-state index contributed by atoms with van der Waals surface area (Å²) >= 11 is 0. The fourth-order valence-electron chi connectivity index (χ4n) is 5.30. The second-order valence-corrected chi connectivity index (χ2v) is 10.5. The number of aromatic nitrogens is 2. The lowest BCUT2D eigenvalue weighted by molar-refractivity contribution is 0.228. The van der Waals surface area contributed by atoms with Gasteiger partial charge in [-0.2, -0.15) is 0 Å². The summed E-state index contributed by atoms with van der Waals surface area (Å²) in [7, 11) is 0. The quantitative estimate of drug-likeness (QED) is 0.232. The lowest BCUT2D eigenvalue weighted by Crippen LogP contribution is -2.15. The number of nitrogens with zero attached hydrogens (tertiary/aromatic N) is 2. The lowest BCUT2D eigenvalue weighted by Gasteiger charge is -2.28. The minimum absolute atomic E-state index is 0.791. The number of aryl methyl sites for hydroxylation is 1.